The van der Waals surface area contributed by atoms with Gasteiger partial charge >= 0.3 is 0 Å². The fraction of sp³-hybridized carbons (Fsp3) is 0.556. The van der Waals surface area contributed by atoms with Gasteiger partial charge in [0.25, 0.3) is 0 Å². The van der Waals surface area contributed by atoms with Gasteiger partial charge < -0.3 is 0 Å². The van der Waals surface area contributed by atoms with Crippen LogP contribution in [-0.2, 0) is 5.75 Å². The number of thioether (sulfide) groups is 1. The van der Waals surface area contributed by atoms with Crippen LogP contribution >= 0.6 is 39.3 Å². The maximum Gasteiger partial charge on any atom is 0.147 e. The summed E-state index contributed by atoms with van der Waals surface area (Å²) in [5, 5.41) is 1.08. The molecule has 1 heterocycles. The van der Waals surface area contributed by atoms with Gasteiger partial charge in [-0.05, 0) is 28.1 Å². The molecule has 14 heavy (non-hydrogen) atoms. The second-order valence-corrected chi connectivity index (χ2v) is 5.91. The molecule has 0 bridgehead atoms. The van der Waals surface area contributed by atoms with E-state index in [-0.39, 0.29) is 0 Å². The van der Waals surface area contributed by atoms with Gasteiger partial charge in [-0.3, -0.25) is 0 Å². The summed E-state index contributed by atoms with van der Waals surface area (Å²) in [5.41, 5.74) is 0.893. The third-order valence-corrected chi connectivity index (χ3v) is 4.11. The quantitative estimate of drug-likeness (QED) is 0.792. The van der Waals surface area contributed by atoms with E-state index in [4.69, 9.17) is 11.6 Å². The van der Waals surface area contributed by atoms with Crippen molar-refractivity contribution in [3.8, 4) is 0 Å². The fourth-order valence-electron chi connectivity index (χ4n) is 0.885. The maximum atomic E-state index is 5.93. The number of aryl methyl sites for hydroxylation is 1. The van der Waals surface area contributed by atoms with E-state index in [0.717, 1.165) is 21.7 Å². The maximum absolute atomic E-state index is 5.93. The molecular formula is C9H12BrClN2S. The molecule has 0 unspecified atom stereocenters. The summed E-state index contributed by atoms with van der Waals surface area (Å²) in [4.78, 5) is 8.53. The van der Waals surface area contributed by atoms with E-state index in [2.05, 4.69) is 39.7 Å². The summed E-state index contributed by atoms with van der Waals surface area (Å²) in [5.74, 6) is 1.61. The van der Waals surface area contributed by atoms with Crippen molar-refractivity contribution < 1.29 is 0 Å². The molecule has 0 atom stereocenters. The molecule has 1 aromatic heterocycles. The van der Waals surface area contributed by atoms with Gasteiger partial charge in [-0.15, -0.1) is 0 Å². The summed E-state index contributed by atoms with van der Waals surface area (Å²) in [6.07, 6.45) is 0. The Labute approximate surface area is 102 Å². The van der Waals surface area contributed by atoms with Gasteiger partial charge in [0.1, 0.15) is 11.0 Å². The molecule has 0 aliphatic carbocycles. The van der Waals surface area contributed by atoms with E-state index in [1.54, 1.807) is 0 Å². The molecule has 2 nitrogen and oxygen atoms in total. The Bertz CT molecular complexity index is 308. The Hall–Kier alpha value is 0.200. The molecular weight excluding hydrogens is 284 g/mol. The van der Waals surface area contributed by atoms with Crippen LogP contribution < -0.4 is 0 Å². The van der Waals surface area contributed by atoms with Crippen molar-refractivity contribution >= 4 is 39.3 Å². The zero-order valence-electron chi connectivity index (χ0n) is 8.34. The van der Waals surface area contributed by atoms with Crippen molar-refractivity contribution in [1.82, 2.24) is 9.97 Å². The van der Waals surface area contributed by atoms with Crippen LogP contribution in [0.4, 0.5) is 0 Å². The van der Waals surface area contributed by atoms with E-state index in [0.29, 0.717) is 10.4 Å². The summed E-state index contributed by atoms with van der Waals surface area (Å²) in [6, 6.07) is 0. The lowest BCUT2D eigenvalue weighted by Gasteiger charge is -2.06. The second-order valence-electron chi connectivity index (χ2n) is 3.19. The average Bonchev–Trinajstić information content (AvgIpc) is 2.10. The van der Waals surface area contributed by atoms with Crippen LogP contribution in [0.1, 0.15) is 25.4 Å². The van der Waals surface area contributed by atoms with E-state index in [1.807, 2.05) is 18.7 Å². The first-order valence-electron chi connectivity index (χ1n) is 4.31. The predicted octanol–water partition coefficient (Wildman–Crippen LogP) is 3.84. The number of hydrogen-bond acceptors (Lipinski definition) is 3. The Balaban J connectivity index is 2.79. The monoisotopic (exact) mass is 294 g/mol. The van der Waals surface area contributed by atoms with Crippen molar-refractivity contribution in [3.05, 3.63) is 21.1 Å². The zero-order chi connectivity index (χ0) is 10.7. The minimum Gasteiger partial charge on any atom is -0.236 e. The SMILES string of the molecule is Cc1nc(CSC(C)C)nc(Cl)c1Br. The fourth-order valence-corrected chi connectivity index (χ4v) is 1.91. The minimum atomic E-state index is 0.497. The van der Waals surface area contributed by atoms with E-state index >= 15 is 0 Å². The minimum absolute atomic E-state index is 0.497. The molecule has 0 saturated heterocycles. The molecule has 0 N–H and O–H groups in total. The van der Waals surface area contributed by atoms with Crippen molar-refractivity contribution in [2.24, 2.45) is 0 Å². The largest absolute Gasteiger partial charge is 0.236 e. The van der Waals surface area contributed by atoms with Gasteiger partial charge in [-0.2, -0.15) is 11.8 Å². The van der Waals surface area contributed by atoms with Gasteiger partial charge in [0.2, 0.25) is 0 Å². The smallest absolute Gasteiger partial charge is 0.147 e. The first-order valence-corrected chi connectivity index (χ1v) is 6.52. The van der Waals surface area contributed by atoms with Crippen LogP contribution in [0, 0.1) is 6.92 Å². The van der Waals surface area contributed by atoms with Crippen molar-refractivity contribution in [2.45, 2.75) is 31.8 Å². The average molecular weight is 296 g/mol. The molecule has 0 amide bonds. The number of rotatable bonds is 3. The normalized spacial score (nSPS) is 11.0. The first-order chi connectivity index (χ1) is 6.50. The molecule has 0 aromatic carbocycles. The Kier molecular flexibility index (Phi) is 4.67. The summed E-state index contributed by atoms with van der Waals surface area (Å²) in [6.45, 7) is 6.22. The molecule has 1 aromatic rings. The third-order valence-electron chi connectivity index (χ3n) is 1.57. The second kappa shape index (κ2) is 5.33. The first kappa shape index (κ1) is 12.3. The highest BCUT2D eigenvalue weighted by atomic mass is 79.9. The third kappa shape index (κ3) is 3.41. The van der Waals surface area contributed by atoms with Gasteiger partial charge in [0.05, 0.1) is 15.9 Å². The van der Waals surface area contributed by atoms with Gasteiger partial charge in [-0.25, -0.2) is 9.97 Å². The Morgan fingerprint density at radius 1 is 1.43 bits per heavy atom. The number of hydrogen-bond donors (Lipinski definition) is 0. The van der Waals surface area contributed by atoms with Crippen LogP contribution in [0.3, 0.4) is 0 Å². The number of aromatic nitrogens is 2. The lowest BCUT2D eigenvalue weighted by Crippen LogP contribution is -1.99. The molecule has 0 aliphatic heterocycles. The topological polar surface area (TPSA) is 25.8 Å². The molecule has 0 spiro atoms. The lowest BCUT2D eigenvalue weighted by atomic mass is 10.4. The van der Waals surface area contributed by atoms with Crippen molar-refractivity contribution in [2.75, 3.05) is 0 Å². The van der Waals surface area contributed by atoms with E-state index in [9.17, 15) is 0 Å². The van der Waals surface area contributed by atoms with Crippen molar-refractivity contribution in [1.29, 1.82) is 0 Å². The number of halogens is 2. The summed E-state index contributed by atoms with van der Waals surface area (Å²) >= 11 is 11.1. The molecule has 0 radical (unpaired) electrons. The van der Waals surface area contributed by atoms with E-state index < -0.39 is 0 Å². The van der Waals surface area contributed by atoms with Crippen LogP contribution in [-0.4, -0.2) is 15.2 Å². The molecule has 0 saturated carbocycles. The van der Waals surface area contributed by atoms with Crippen LogP contribution in [0.15, 0.2) is 4.47 Å². The van der Waals surface area contributed by atoms with Gasteiger partial charge in [-0.1, -0.05) is 25.4 Å². The summed E-state index contributed by atoms with van der Waals surface area (Å²) < 4.78 is 0.789. The Morgan fingerprint density at radius 2 is 2.07 bits per heavy atom. The van der Waals surface area contributed by atoms with Crippen LogP contribution in [0.25, 0.3) is 0 Å². The summed E-state index contributed by atoms with van der Waals surface area (Å²) in [7, 11) is 0. The lowest BCUT2D eigenvalue weighted by molar-refractivity contribution is 0.978. The van der Waals surface area contributed by atoms with Gasteiger partial charge in [0.15, 0.2) is 0 Å². The highest BCUT2D eigenvalue weighted by Gasteiger charge is 2.07. The molecule has 5 heteroatoms. The van der Waals surface area contributed by atoms with Gasteiger partial charge in [0, 0.05) is 0 Å². The van der Waals surface area contributed by atoms with E-state index in [1.165, 1.54) is 0 Å². The van der Waals surface area contributed by atoms with Crippen molar-refractivity contribution in [3.63, 3.8) is 0 Å². The highest BCUT2D eigenvalue weighted by Crippen LogP contribution is 2.24. The number of nitrogens with zero attached hydrogens (tertiary/aromatic N) is 2. The predicted molar refractivity (Wildman–Crippen MR) is 65.9 cm³/mol. The highest BCUT2D eigenvalue weighted by molar-refractivity contribution is 9.10. The molecule has 0 fully saturated rings. The van der Waals surface area contributed by atoms with Crippen LogP contribution in [0.5, 0.6) is 0 Å². The zero-order valence-corrected chi connectivity index (χ0v) is 11.5. The molecule has 0 aliphatic rings. The standard InChI is InChI=1S/C9H12BrClN2S/c1-5(2)14-4-7-12-6(3)8(10)9(11)13-7/h5H,4H2,1-3H3. The van der Waals surface area contributed by atoms with Crippen LogP contribution in [0.2, 0.25) is 5.15 Å². The Morgan fingerprint density at radius 3 is 2.57 bits per heavy atom. The molecule has 78 valence electrons. The molecule has 1 rings (SSSR count).